The summed E-state index contributed by atoms with van der Waals surface area (Å²) in [5, 5.41) is 0. The monoisotopic (exact) mass is 329 g/mol. The highest BCUT2D eigenvalue weighted by Gasteiger charge is 2.06. The Labute approximate surface area is 115 Å². The second-order valence-corrected chi connectivity index (χ2v) is 6.51. The standard InChI is InChI=1S/C12H12BrNO3S/c1-18(15,16)17-5-4-12-8-9-6-10(13)2-3-11(7-9)14-12/h2-3,6-8H,4-5H2,1H3. The van der Waals surface area contributed by atoms with Crippen LogP contribution in [0, 0.1) is 0 Å². The summed E-state index contributed by atoms with van der Waals surface area (Å²) in [6.45, 7) is 0.114. The van der Waals surface area contributed by atoms with Crippen LogP contribution in [0.5, 0.6) is 0 Å². The quantitative estimate of drug-likeness (QED) is 0.796. The van der Waals surface area contributed by atoms with Crippen molar-refractivity contribution >= 4 is 38.2 Å². The van der Waals surface area contributed by atoms with Crippen LogP contribution >= 0.6 is 15.9 Å². The van der Waals surface area contributed by atoms with Gasteiger partial charge in [-0.05, 0) is 35.9 Å². The number of nitrogens with zero attached hydrogens (tertiary/aromatic N) is 1. The van der Waals surface area contributed by atoms with Gasteiger partial charge in [0.1, 0.15) is 0 Å². The third-order valence-electron chi connectivity index (χ3n) is 2.29. The highest BCUT2D eigenvalue weighted by molar-refractivity contribution is 9.12. The molecule has 1 heterocycles. The van der Waals surface area contributed by atoms with E-state index in [2.05, 4.69) is 20.9 Å². The molecule has 0 saturated heterocycles. The van der Waals surface area contributed by atoms with Gasteiger partial charge < -0.3 is 0 Å². The van der Waals surface area contributed by atoms with Crippen molar-refractivity contribution in [2.75, 3.05) is 12.9 Å². The Morgan fingerprint density at radius 3 is 2.83 bits per heavy atom. The minimum Gasteiger partial charge on any atom is -0.270 e. The molecule has 0 amide bonds. The maximum absolute atomic E-state index is 10.9. The molecule has 6 heteroatoms. The molecule has 18 heavy (non-hydrogen) atoms. The average molecular weight is 330 g/mol. The average Bonchev–Trinajstić information content (AvgIpc) is 2.35. The van der Waals surface area contributed by atoms with Gasteiger partial charge in [0, 0.05) is 16.6 Å². The Morgan fingerprint density at radius 1 is 1.33 bits per heavy atom. The molecule has 0 atom stereocenters. The predicted octanol–water partition coefficient (Wildman–Crippen LogP) is 2.36. The summed E-state index contributed by atoms with van der Waals surface area (Å²) in [6, 6.07) is 3.88. The number of hydrogen-bond donors (Lipinski definition) is 0. The molecule has 4 nitrogen and oxygen atoms in total. The summed E-state index contributed by atoms with van der Waals surface area (Å²) in [5.41, 5.74) is 2.70. The van der Waals surface area contributed by atoms with Crippen LogP contribution in [-0.4, -0.2) is 26.3 Å². The molecule has 0 radical (unpaired) electrons. The number of rotatable bonds is 4. The summed E-state index contributed by atoms with van der Waals surface area (Å²) in [6.07, 6.45) is 7.31. The van der Waals surface area contributed by atoms with Gasteiger partial charge in [-0.2, -0.15) is 8.42 Å². The van der Waals surface area contributed by atoms with Gasteiger partial charge in [-0.25, -0.2) is 0 Å². The molecule has 2 bridgehead atoms. The lowest BCUT2D eigenvalue weighted by Crippen LogP contribution is -2.07. The fraction of sp³-hybridized carbons (Fsp3) is 0.250. The van der Waals surface area contributed by atoms with E-state index in [1.807, 2.05) is 30.4 Å². The molecule has 0 aromatic carbocycles. The lowest BCUT2D eigenvalue weighted by Gasteiger charge is -2.04. The molecule has 2 rings (SSSR count). The van der Waals surface area contributed by atoms with Crippen LogP contribution in [0.4, 0.5) is 0 Å². The third kappa shape index (κ3) is 4.04. The topological polar surface area (TPSA) is 56.3 Å². The molecule has 0 saturated carbocycles. The fourth-order valence-corrected chi connectivity index (χ4v) is 2.38. The third-order valence-corrected chi connectivity index (χ3v) is 3.38. The molecule has 1 aliphatic carbocycles. The lowest BCUT2D eigenvalue weighted by molar-refractivity contribution is 0.324. The zero-order chi connectivity index (χ0) is 13.2. The van der Waals surface area contributed by atoms with Crippen LogP contribution in [0.3, 0.4) is 0 Å². The van der Waals surface area contributed by atoms with Crippen LogP contribution < -0.4 is 0 Å². The van der Waals surface area contributed by atoms with Crippen molar-refractivity contribution in [1.82, 2.24) is 4.98 Å². The number of fused-ring (bicyclic) bond motifs is 2. The number of pyridine rings is 1. The summed E-state index contributed by atoms with van der Waals surface area (Å²) in [5.74, 6) is 0. The smallest absolute Gasteiger partial charge is 0.264 e. The molecule has 1 aromatic rings. The van der Waals surface area contributed by atoms with Crippen molar-refractivity contribution in [3.05, 3.63) is 39.6 Å². The molecule has 1 aliphatic rings. The summed E-state index contributed by atoms with van der Waals surface area (Å²) in [7, 11) is -3.38. The zero-order valence-corrected chi connectivity index (χ0v) is 12.2. The Hall–Kier alpha value is -0.980. The lowest BCUT2D eigenvalue weighted by atomic mass is 10.1. The Kier molecular flexibility index (Phi) is 3.99. The molecule has 96 valence electrons. The van der Waals surface area contributed by atoms with Crippen LogP contribution in [-0.2, 0) is 20.7 Å². The second-order valence-electron chi connectivity index (χ2n) is 3.96. The highest BCUT2D eigenvalue weighted by Crippen LogP contribution is 2.20. The van der Waals surface area contributed by atoms with Gasteiger partial charge in [0.25, 0.3) is 10.1 Å². The van der Waals surface area contributed by atoms with Crippen LogP contribution in [0.25, 0.3) is 12.2 Å². The fourth-order valence-electron chi connectivity index (χ4n) is 1.60. The van der Waals surface area contributed by atoms with Gasteiger partial charge in [0.05, 0.1) is 18.6 Å². The molecular weight excluding hydrogens is 318 g/mol. The highest BCUT2D eigenvalue weighted by atomic mass is 79.9. The van der Waals surface area contributed by atoms with E-state index in [9.17, 15) is 8.42 Å². The van der Waals surface area contributed by atoms with E-state index in [-0.39, 0.29) is 6.61 Å². The van der Waals surface area contributed by atoms with Crippen molar-refractivity contribution in [3.8, 4) is 0 Å². The number of halogens is 1. The van der Waals surface area contributed by atoms with Crippen LogP contribution in [0.15, 0.2) is 22.7 Å². The summed E-state index contributed by atoms with van der Waals surface area (Å²) in [4.78, 5) is 4.40. The van der Waals surface area contributed by atoms with E-state index in [4.69, 9.17) is 4.18 Å². The van der Waals surface area contributed by atoms with Crippen molar-refractivity contribution in [1.29, 1.82) is 0 Å². The Balaban J connectivity index is 2.12. The first-order valence-electron chi connectivity index (χ1n) is 5.33. The van der Waals surface area contributed by atoms with Gasteiger partial charge in [-0.3, -0.25) is 9.17 Å². The zero-order valence-electron chi connectivity index (χ0n) is 9.76. The van der Waals surface area contributed by atoms with E-state index in [1.54, 1.807) is 0 Å². The van der Waals surface area contributed by atoms with Gasteiger partial charge in [0.15, 0.2) is 0 Å². The molecule has 0 fully saturated rings. The number of aromatic nitrogens is 1. The van der Waals surface area contributed by atoms with Crippen LogP contribution in [0.1, 0.15) is 17.0 Å². The first kappa shape index (κ1) is 13.5. The number of allylic oxidation sites excluding steroid dienone is 2. The van der Waals surface area contributed by atoms with Gasteiger partial charge >= 0.3 is 0 Å². The van der Waals surface area contributed by atoms with Gasteiger partial charge in [0.2, 0.25) is 0 Å². The summed E-state index contributed by atoms with van der Waals surface area (Å²) < 4.78 is 27.4. The largest absolute Gasteiger partial charge is 0.270 e. The van der Waals surface area contributed by atoms with Gasteiger partial charge in [-0.1, -0.05) is 15.9 Å². The maximum atomic E-state index is 10.9. The molecule has 1 aromatic heterocycles. The van der Waals surface area contributed by atoms with Gasteiger partial charge in [-0.15, -0.1) is 0 Å². The summed E-state index contributed by atoms with van der Waals surface area (Å²) >= 11 is 3.42. The van der Waals surface area contributed by atoms with E-state index in [0.29, 0.717) is 6.42 Å². The Morgan fingerprint density at radius 2 is 2.11 bits per heavy atom. The molecule has 0 spiro atoms. The molecular formula is C12H12BrNO3S. The number of hydrogen-bond acceptors (Lipinski definition) is 4. The predicted molar refractivity (Wildman–Crippen MR) is 74.7 cm³/mol. The Bertz CT molecular complexity index is 620. The molecule has 0 N–H and O–H groups in total. The molecule has 0 aliphatic heterocycles. The van der Waals surface area contributed by atoms with E-state index >= 15 is 0 Å². The first-order valence-corrected chi connectivity index (χ1v) is 7.94. The maximum Gasteiger partial charge on any atom is 0.264 e. The second kappa shape index (κ2) is 5.34. The van der Waals surface area contributed by atoms with Crippen molar-refractivity contribution in [3.63, 3.8) is 0 Å². The van der Waals surface area contributed by atoms with Crippen molar-refractivity contribution < 1.29 is 12.6 Å². The first-order chi connectivity index (χ1) is 8.42. The van der Waals surface area contributed by atoms with E-state index < -0.39 is 10.1 Å². The van der Waals surface area contributed by atoms with Crippen molar-refractivity contribution in [2.45, 2.75) is 6.42 Å². The SMILES string of the molecule is CS(=O)(=O)OCCc1cc2cc(n1)C=CC(Br)=C2. The van der Waals surface area contributed by atoms with Crippen molar-refractivity contribution in [2.24, 2.45) is 0 Å². The minimum atomic E-state index is -3.38. The normalized spacial score (nSPS) is 14.2. The van der Waals surface area contributed by atoms with E-state index in [1.165, 1.54) is 0 Å². The van der Waals surface area contributed by atoms with E-state index in [0.717, 1.165) is 27.7 Å². The minimum absolute atomic E-state index is 0.114. The molecule has 0 unspecified atom stereocenters. The van der Waals surface area contributed by atoms with Crippen LogP contribution in [0.2, 0.25) is 0 Å².